The molecule has 4 heteroatoms. The first-order valence-electron chi connectivity index (χ1n) is 9.81. The molecule has 1 aliphatic heterocycles. The van der Waals surface area contributed by atoms with Gasteiger partial charge in [-0.05, 0) is 51.0 Å². The van der Waals surface area contributed by atoms with Gasteiger partial charge >= 0.3 is 0 Å². The average molecular weight is 365 g/mol. The molecule has 1 atom stereocenters. The van der Waals surface area contributed by atoms with Crippen molar-refractivity contribution in [1.82, 2.24) is 4.90 Å². The van der Waals surface area contributed by atoms with Crippen LogP contribution < -0.4 is 5.30 Å². The van der Waals surface area contributed by atoms with Crippen LogP contribution in [-0.2, 0) is 9.47 Å². The lowest BCUT2D eigenvalue weighted by atomic mass is 9.85. The summed E-state index contributed by atoms with van der Waals surface area (Å²) in [5.41, 5.74) is 1.32. The minimum Gasteiger partial charge on any atom is -0.348 e. The summed E-state index contributed by atoms with van der Waals surface area (Å²) in [6.45, 7) is 8.42. The van der Waals surface area contributed by atoms with Crippen molar-refractivity contribution in [3.63, 3.8) is 0 Å². The van der Waals surface area contributed by atoms with Crippen LogP contribution in [0.1, 0.15) is 51.0 Å². The molecule has 1 aliphatic carbocycles. The summed E-state index contributed by atoms with van der Waals surface area (Å²) in [7, 11) is 4.90. The van der Waals surface area contributed by atoms with Gasteiger partial charge in [-0.1, -0.05) is 43.2 Å². The van der Waals surface area contributed by atoms with Gasteiger partial charge in [0.05, 0.1) is 13.2 Å². The van der Waals surface area contributed by atoms with Crippen molar-refractivity contribution in [3.8, 4) is 0 Å². The molecular formula is C21H36NO2P. The van der Waals surface area contributed by atoms with Gasteiger partial charge < -0.3 is 14.4 Å². The average Bonchev–Trinajstić information content (AvgIpc) is 3.07. The number of nitrogens with zero attached hydrogens (tertiary/aromatic N) is 1. The molecule has 1 heterocycles. The Morgan fingerprint density at radius 3 is 2.24 bits per heavy atom. The number of unbranched alkanes of at least 4 members (excludes halogenated alkanes) is 1. The van der Waals surface area contributed by atoms with Gasteiger partial charge in [-0.15, -0.1) is 9.24 Å². The second-order valence-electron chi connectivity index (χ2n) is 7.58. The highest BCUT2D eigenvalue weighted by Gasteiger charge is 2.40. The van der Waals surface area contributed by atoms with E-state index in [1.807, 2.05) is 0 Å². The summed E-state index contributed by atoms with van der Waals surface area (Å²) in [4.78, 5) is 2.49. The first-order valence-corrected chi connectivity index (χ1v) is 10.4. The van der Waals surface area contributed by atoms with Gasteiger partial charge in [0.2, 0.25) is 0 Å². The molecule has 1 aromatic rings. The predicted octanol–water partition coefficient (Wildman–Crippen LogP) is 4.15. The lowest BCUT2D eigenvalue weighted by Gasteiger charge is -2.36. The molecule has 1 unspecified atom stereocenters. The second-order valence-corrected chi connectivity index (χ2v) is 8.24. The fourth-order valence-electron chi connectivity index (χ4n) is 3.61. The Hall–Kier alpha value is -0.470. The van der Waals surface area contributed by atoms with Gasteiger partial charge in [-0.2, -0.15) is 0 Å². The first kappa shape index (κ1) is 20.8. The molecule has 0 radical (unpaired) electrons. The maximum Gasteiger partial charge on any atom is 0.168 e. The van der Waals surface area contributed by atoms with E-state index < -0.39 is 0 Å². The van der Waals surface area contributed by atoms with E-state index >= 15 is 0 Å². The minimum atomic E-state index is -0.182. The Kier molecular flexibility index (Phi) is 8.85. The normalized spacial score (nSPS) is 19.9. The van der Waals surface area contributed by atoms with E-state index in [0.717, 1.165) is 32.0 Å². The van der Waals surface area contributed by atoms with Crippen molar-refractivity contribution in [2.45, 2.75) is 58.2 Å². The van der Waals surface area contributed by atoms with E-state index in [1.165, 1.54) is 49.6 Å². The van der Waals surface area contributed by atoms with Crippen LogP contribution in [0.4, 0.5) is 0 Å². The van der Waals surface area contributed by atoms with Crippen LogP contribution >= 0.6 is 9.24 Å². The van der Waals surface area contributed by atoms with Gasteiger partial charge in [0, 0.05) is 19.4 Å². The molecule has 3 nitrogen and oxygen atoms in total. The monoisotopic (exact) mass is 365 g/mol. The molecule has 0 bridgehead atoms. The van der Waals surface area contributed by atoms with E-state index in [0.29, 0.717) is 0 Å². The second kappa shape index (κ2) is 10.6. The maximum absolute atomic E-state index is 5.76. The fraction of sp³-hybridized carbons (Fsp3) is 0.714. The summed E-state index contributed by atoms with van der Waals surface area (Å²) < 4.78 is 11.5. The van der Waals surface area contributed by atoms with E-state index in [-0.39, 0.29) is 5.79 Å². The van der Waals surface area contributed by atoms with Crippen LogP contribution in [0, 0.1) is 12.8 Å². The molecule has 1 aromatic carbocycles. The molecule has 0 amide bonds. The van der Waals surface area contributed by atoms with Crippen molar-refractivity contribution in [1.29, 1.82) is 0 Å². The Morgan fingerprint density at radius 1 is 1.12 bits per heavy atom. The van der Waals surface area contributed by atoms with E-state index in [1.54, 1.807) is 0 Å². The van der Waals surface area contributed by atoms with Crippen LogP contribution in [0.15, 0.2) is 24.3 Å². The van der Waals surface area contributed by atoms with Gasteiger partial charge in [0.25, 0.3) is 0 Å². The highest BCUT2D eigenvalue weighted by atomic mass is 31.0. The van der Waals surface area contributed by atoms with E-state index in [2.05, 4.69) is 59.3 Å². The van der Waals surface area contributed by atoms with Crippen LogP contribution in [0.25, 0.3) is 0 Å². The Morgan fingerprint density at radius 2 is 1.72 bits per heavy atom. The first-order chi connectivity index (χ1) is 12.0. The third-order valence-electron chi connectivity index (χ3n) is 5.22. The summed E-state index contributed by atoms with van der Waals surface area (Å²) in [6, 6.07) is 8.37. The number of hydrogen-bond acceptors (Lipinski definition) is 3. The number of benzene rings is 1. The molecule has 142 valence electrons. The lowest BCUT2D eigenvalue weighted by Crippen LogP contribution is -2.38. The summed E-state index contributed by atoms with van der Waals surface area (Å²) in [5, 5.41) is 1.25. The molecule has 25 heavy (non-hydrogen) atoms. The third-order valence-corrected chi connectivity index (χ3v) is 5.61. The van der Waals surface area contributed by atoms with Crippen LogP contribution in [0.3, 0.4) is 0 Å². The zero-order chi connectivity index (χ0) is 18.1. The van der Waals surface area contributed by atoms with Crippen molar-refractivity contribution in [3.05, 3.63) is 29.8 Å². The number of aryl methyl sites for hydroxylation is 1. The third kappa shape index (κ3) is 7.35. The van der Waals surface area contributed by atoms with Crippen LogP contribution in [0.5, 0.6) is 0 Å². The molecule has 3 rings (SSSR count). The maximum atomic E-state index is 5.76. The quantitative estimate of drug-likeness (QED) is 0.732. The van der Waals surface area contributed by atoms with Gasteiger partial charge in [-0.3, -0.25) is 0 Å². The standard InChI is InChI=1S/C14H27NO2.C7H9P/c1-3-4-9-15(2)12-13-5-7-14(8-6-13)16-10-11-17-14;1-6-2-4-7(8)5-3-6/h13H,3-12H2,1-2H3;2-5H,8H2,1H3. The topological polar surface area (TPSA) is 21.7 Å². The van der Waals surface area contributed by atoms with E-state index in [4.69, 9.17) is 9.47 Å². The smallest absolute Gasteiger partial charge is 0.168 e. The minimum absolute atomic E-state index is 0.182. The number of ether oxygens (including phenoxy) is 2. The zero-order valence-corrected chi connectivity index (χ0v) is 17.5. The van der Waals surface area contributed by atoms with Crippen LogP contribution in [-0.4, -0.2) is 44.0 Å². The molecular weight excluding hydrogens is 329 g/mol. The number of hydrogen-bond donors (Lipinski definition) is 0. The zero-order valence-electron chi connectivity index (χ0n) is 16.3. The molecule has 1 saturated carbocycles. The lowest BCUT2D eigenvalue weighted by molar-refractivity contribution is -0.183. The molecule has 0 aromatic heterocycles. The SMILES string of the molecule is CCCCN(C)CC1CCC2(CC1)OCCO2.Cc1ccc(P)cc1. The highest BCUT2D eigenvalue weighted by molar-refractivity contribution is 7.27. The number of rotatable bonds is 5. The molecule has 2 fully saturated rings. The Labute approximate surface area is 156 Å². The Balaban J connectivity index is 0.000000236. The predicted molar refractivity (Wildman–Crippen MR) is 110 cm³/mol. The largest absolute Gasteiger partial charge is 0.348 e. The van der Waals surface area contributed by atoms with Crippen molar-refractivity contribution < 1.29 is 9.47 Å². The van der Waals surface area contributed by atoms with Crippen molar-refractivity contribution in [2.75, 3.05) is 33.4 Å². The summed E-state index contributed by atoms with van der Waals surface area (Å²) >= 11 is 0. The van der Waals surface area contributed by atoms with Gasteiger partial charge in [0.1, 0.15) is 0 Å². The molecule has 2 aliphatic rings. The molecule has 0 N–H and O–H groups in total. The van der Waals surface area contributed by atoms with E-state index in [9.17, 15) is 0 Å². The molecule has 1 spiro atoms. The van der Waals surface area contributed by atoms with Crippen LogP contribution in [0.2, 0.25) is 0 Å². The Bertz CT molecular complexity index is 454. The fourth-order valence-corrected chi connectivity index (χ4v) is 3.80. The van der Waals surface area contributed by atoms with Crippen molar-refractivity contribution >= 4 is 14.5 Å². The highest BCUT2D eigenvalue weighted by Crippen LogP contribution is 2.38. The summed E-state index contributed by atoms with van der Waals surface area (Å²) in [5.74, 6) is 0.661. The van der Waals surface area contributed by atoms with Gasteiger partial charge in [-0.25, -0.2) is 0 Å². The molecule has 1 saturated heterocycles. The summed E-state index contributed by atoms with van der Waals surface area (Å²) in [6.07, 6.45) is 7.32. The van der Waals surface area contributed by atoms with Crippen molar-refractivity contribution in [2.24, 2.45) is 5.92 Å². The van der Waals surface area contributed by atoms with Gasteiger partial charge in [0.15, 0.2) is 5.79 Å².